The van der Waals surface area contributed by atoms with Crippen molar-refractivity contribution >= 4 is 34.6 Å². The molecular weight excluding hydrogens is 584 g/mol. The van der Waals surface area contributed by atoms with Crippen molar-refractivity contribution in [3.63, 3.8) is 0 Å². The fourth-order valence-corrected chi connectivity index (χ4v) is 5.68. The summed E-state index contributed by atoms with van der Waals surface area (Å²) in [7, 11) is 0. The Morgan fingerprint density at radius 3 is 2.51 bits per heavy atom. The smallest absolute Gasteiger partial charge is 0.343 e. The molecule has 5 rings (SSSR count). The Kier molecular flexibility index (Phi) is 9.16. The van der Waals surface area contributed by atoms with Crippen molar-refractivity contribution in [2.75, 3.05) is 32.8 Å². The van der Waals surface area contributed by atoms with Gasteiger partial charge in [0.15, 0.2) is 5.60 Å². The molecule has 0 radical (unpaired) electrons. The number of hydrogen-bond donors (Lipinski definition) is 5. The summed E-state index contributed by atoms with van der Waals surface area (Å²) < 4.78 is 12.7. The first-order valence-corrected chi connectivity index (χ1v) is 14.9. The van der Waals surface area contributed by atoms with Crippen molar-refractivity contribution in [1.82, 2.24) is 25.5 Å². The van der Waals surface area contributed by atoms with Gasteiger partial charge in [-0.05, 0) is 49.1 Å². The summed E-state index contributed by atoms with van der Waals surface area (Å²) in [6.07, 6.45) is 1.27. The average molecular weight is 621 g/mol. The van der Waals surface area contributed by atoms with Crippen molar-refractivity contribution in [3.8, 4) is 17.1 Å². The van der Waals surface area contributed by atoms with Gasteiger partial charge in [0.05, 0.1) is 55.3 Å². The molecule has 238 valence electrons. The van der Waals surface area contributed by atoms with Gasteiger partial charge in [-0.1, -0.05) is 13.8 Å². The number of carbonyl (C=O) groups excluding carboxylic acids is 4. The van der Waals surface area contributed by atoms with Gasteiger partial charge in [-0.3, -0.25) is 19.2 Å². The molecule has 0 bridgehead atoms. The molecule has 14 heteroatoms. The van der Waals surface area contributed by atoms with Crippen LogP contribution < -0.4 is 32.0 Å². The number of nitrogens with two attached hydrogens (primary N) is 1. The van der Waals surface area contributed by atoms with Crippen molar-refractivity contribution in [2.24, 2.45) is 5.73 Å². The molecule has 3 amide bonds. The number of amides is 3. The third kappa shape index (κ3) is 6.11. The van der Waals surface area contributed by atoms with Gasteiger partial charge in [0, 0.05) is 23.1 Å². The Hall–Kier alpha value is -4.82. The number of carbonyl (C=O) groups is 4. The van der Waals surface area contributed by atoms with Crippen LogP contribution in [0.5, 0.6) is 5.75 Å². The number of rotatable bonds is 12. The van der Waals surface area contributed by atoms with Crippen LogP contribution in [0.4, 0.5) is 0 Å². The highest BCUT2D eigenvalue weighted by molar-refractivity contribution is 5.90. The number of ether oxygens (including phenoxy) is 2. The Balaban J connectivity index is 1.24. The lowest BCUT2D eigenvalue weighted by atomic mass is 9.86. The van der Waals surface area contributed by atoms with E-state index in [0.717, 1.165) is 22.0 Å². The molecule has 45 heavy (non-hydrogen) atoms. The average Bonchev–Trinajstić information content (AvgIpc) is 3.41. The molecule has 2 aromatic heterocycles. The zero-order valence-electron chi connectivity index (χ0n) is 25.2. The van der Waals surface area contributed by atoms with Gasteiger partial charge >= 0.3 is 5.97 Å². The minimum Gasteiger partial charge on any atom is -0.494 e. The number of hydrogen-bond acceptors (Lipinski definition) is 10. The van der Waals surface area contributed by atoms with Crippen LogP contribution in [0.3, 0.4) is 0 Å². The summed E-state index contributed by atoms with van der Waals surface area (Å²) in [6.45, 7) is 3.80. The lowest BCUT2D eigenvalue weighted by Crippen LogP contribution is -2.44. The van der Waals surface area contributed by atoms with Gasteiger partial charge in [-0.25, -0.2) is 9.78 Å². The van der Waals surface area contributed by atoms with Gasteiger partial charge in [-0.15, -0.1) is 0 Å². The maximum Gasteiger partial charge on any atom is 0.343 e. The van der Waals surface area contributed by atoms with Crippen LogP contribution in [-0.2, 0) is 49.1 Å². The van der Waals surface area contributed by atoms with Crippen LogP contribution in [-0.4, -0.2) is 71.1 Å². The molecule has 0 fully saturated rings. The molecule has 0 aliphatic carbocycles. The van der Waals surface area contributed by atoms with Crippen LogP contribution in [0.2, 0.25) is 0 Å². The Bertz CT molecular complexity index is 1750. The Labute approximate surface area is 258 Å². The summed E-state index contributed by atoms with van der Waals surface area (Å²) >= 11 is 0. The first-order valence-electron chi connectivity index (χ1n) is 14.9. The van der Waals surface area contributed by atoms with E-state index in [0.29, 0.717) is 49.7 Å². The van der Waals surface area contributed by atoms with E-state index in [-0.39, 0.29) is 55.3 Å². The number of aliphatic hydroxyl groups is 1. The first kappa shape index (κ1) is 31.6. The highest BCUT2D eigenvalue weighted by atomic mass is 16.6. The van der Waals surface area contributed by atoms with Gasteiger partial charge in [-0.2, -0.15) is 0 Å². The second-order valence-electron chi connectivity index (χ2n) is 10.9. The van der Waals surface area contributed by atoms with Crippen LogP contribution in [0.1, 0.15) is 48.9 Å². The summed E-state index contributed by atoms with van der Waals surface area (Å²) in [5.74, 6) is -1.46. The van der Waals surface area contributed by atoms with E-state index < -0.39 is 23.4 Å². The number of aryl methyl sites for hydroxylation is 1. The van der Waals surface area contributed by atoms with E-state index >= 15 is 0 Å². The van der Waals surface area contributed by atoms with E-state index in [1.54, 1.807) is 23.6 Å². The van der Waals surface area contributed by atoms with Gasteiger partial charge in [0.1, 0.15) is 12.4 Å². The number of esters is 1. The van der Waals surface area contributed by atoms with Crippen molar-refractivity contribution in [1.29, 1.82) is 0 Å². The lowest BCUT2D eigenvalue weighted by molar-refractivity contribution is -0.172. The molecule has 0 spiro atoms. The predicted molar refractivity (Wildman–Crippen MR) is 162 cm³/mol. The molecule has 0 saturated carbocycles. The molecule has 1 aromatic carbocycles. The molecule has 0 unspecified atom stereocenters. The molecule has 3 aromatic rings. The number of pyridine rings is 2. The zero-order valence-corrected chi connectivity index (χ0v) is 25.2. The Morgan fingerprint density at radius 1 is 1.07 bits per heavy atom. The van der Waals surface area contributed by atoms with Crippen molar-refractivity contribution in [3.05, 3.63) is 56.9 Å². The minimum atomic E-state index is -1.88. The van der Waals surface area contributed by atoms with Crippen molar-refractivity contribution in [2.45, 2.75) is 51.9 Å². The molecule has 2 aliphatic heterocycles. The zero-order chi connectivity index (χ0) is 32.3. The fraction of sp³-hybridized carbons (Fsp3) is 0.419. The van der Waals surface area contributed by atoms with Gasteiger partial charge in [0.2, 0.25) is 17.7 Å². The monoisotopic (exact) mass is 620 g/mol. The molecule has 4 heterocycles. The van der Waals surface area contributed by atoms with E-state index in [1.807, 2.05) is 19.1 Å². The quantitative estimate of drug-likeness (QED) is 0.103. The Morgan fingerprint density at radius 2 is 1.80 bits per heavy atom. The number of cyclic esters (lactones) is 1. The molecule has 14 nitrogen and oxygen atoms in total. The van der Waals surface area contributed by atoms with E-state index in [4.69, 9.17) is 20.2 Å². The van der Waals surface area contributed by atoms with Crippen LogP contribution in [0.25, 0.3) is 22.3 Å². The van der Waals surface area contributed by atoms with E-state index in [1.165, 1.54) is 0 Å². The molecule has 2 aliphatic rings. The third-order valence-electron chi connectivity index (χ3n) is 8.12. The SMILES string of the molecule is CCc1c2c(nc3ccc(OCCCNC(=O)CNC(=O)CNC(=O)CN)cc13)-c1cc3c(c(=O)n1C2)COC(=O)[C@@]3(O)CC. The summed E-state index contributed by atoms with van der Waals surface area (Å²) in [5.41, 5.74) is 7.40. The normalized spacial score (nSPS) is 16.3. The van der Waals surface area contributed by atoms with Crippen LogP contribution in [0, 0.1) is 0 Å². The third-order valence-corrected chi connectivity index (χ3v) is 8.12. The number of nitrogens with one attached hydrogen (secondary N) is 3. The maximum absolute atomic E-state index is 13.5. The van der Waals surface area contributed by atoms with Crippen LogP contribution in [0.15, 0.2) is 29.1 Å². The maximum atomic E-state index is 13.5. The lowest BCUT2D eigenvalue weighted by Gasteiger charge is -2.31. The van der Waals surface area contributed by atoms with Crippen LogP contribution >= 0.6 is 0 Å². The number of aromatic nitrogens is 2. The summed E-state index contributed by atoms with van der Waals surface area (Å²) in [6, 6.07) is 7.28. The number of benzene rings is 1. The van der Waals surface area contributed by atoms with Gasteiger partial charge in [0.25, 0.3) is 5.56 Å². The fourth-order valence-electron chi connectivity index (χ4n) is 5.68. The molecule has 6 N–H and O–H groups in total. The first-order chi connectivity index (χ1) is 21.6. The number of nitrogens with zero attached hydrogens (tertiary/aromatic N) is 2. The number of fused-ring (bicyclic) bond motifs is 5. The second-order valence-corrected chi connectivity index (χ2v) is 10.9. The standard InChI is InChI=1S/C31H36N6O8/c1-3-18-19-10-17(44-9-5-8-33-26(39)13-35-27(40)14-34-25(38)12-32)6-7-23(19)36-28-20(18)15-37-24(28)11-22-21(29(37)41)16-45-30(42)31(22,43)4-2/h6-7,10-11,43H,3-5,8-9,12-16,32H2,1-2H3,(H,33,39)(H,34,38)(H,35,40)/t31-/m1/s1. The highest BCUT2D eigenvalue weighted by Gasteiger charge is 2.45. The summed E-state index contributed by atoms with van der Waals surface area (Å²) in [5, 5.41) is 19.4. The van der Waals surface area contributed by atoms with Crippen molar-refractivity contribution < 1.29 is 33.8 Å². The highest BCUT2D eigenvalue weighted by Crippen LogP contribution is 2.40. The molecular formula is C31H36N6O8. The molecule has 0 saturated heterocycles. The van der Waals surface area contributed by atoms with E-state index in [2.05, 4.69) is 16.0 Å². The minimum absolute atomic E-state index is 0.0747. The molecule has 1 atom stereocenters. The largest absolute Gasteiger partial charge is 0.494 e. The topological polar surface area (TPSA) is 204 Å². The van der Waals surface area contributed by atoms with Gasteiger partial charge < -0.3 is 40.8 Å². The predicted octanol–water partition coefficient (Wildman–Crippen LogP) is -0.282. The van der Waals surface area contributed by atoms with E-state index in [9.17, 15) is 29.1 Å². The summed E-state index contributed by atoms with van der Waals surface area (Å²) in [4.78, 5) is 65.6. The second kappa shape index (κ2) is 13.0.